The van der Waals surface area contributed by atoms with Crippen molar-refractivity contribution in [3.63, 3.8) is 0 Å². The molecule has 0 spiro atoms. The number of aromatic nitrogens is 2. The third-order valence-electron chi connectivity index (χ3n) is 4.92. The Kier molecular flexibility index (Phi) is 7.42. The Hall–Kier alpha value is -1.71. The molecule has 1 unspecified atom stereocenters. The van der Waals surface area contributed by atoms with Gasteiger partial charge in [0.2, 0.25) is 11.8 Å². The van der Waals surface area contributed by atoms with Gasteiger partial charge in [0.15, 0.2) is 5.11 Å². The van der Waals surface area contributed by atoms with E-state index in [9.17, 15) is 0 Å². The average molecular weight is 395 g/mol. The summed E-state index contributed by atoms with van der Waals surface area (Å²) in [5.74, 6) is 2.55. The van der Waals surface area contributed by atoms with Crippen LogP contribution in [0, 0.1) is 5.92 Å². The maximum Gasteiger partial charge on any atom is 0.234 e. The number of thiocarbonyl (C=S) groups is 1. The van der Waals surface area contributed by atoms with Crippen molar-refractivity contribution in [1.29, 1.82) is 0 Å². The van der Waals surface area contributed by atoms with Crippen molar-refractivity contribution in [3.8, 4) is 5.88 Å². The lowest BCUT2D eigenvalue weighted by atomic mass is 10.0. The number of hydrogen-bond donors (Lipinski definition) is 2. The van der Waals surface area contributed by atoms with Gasteiger partial charge in [0.1, 0.15) is 5.82 Å². The summed E-state index contributed by atoms with van der Waals surface area (Å²) in [5.41, 5.74) is 0. The summed E-state index contributed by atoms with van der Waals surface area (Å²) < 4.78 is 10.7. The van der Waals surface area contributed by atoms with E-state index < -0.39 is 0 Å². The zero-order valence-electron chi connectivity index (χ0n) is 16.2. The van der Waals surface area contributed by atoms with Gasteiger partial charge in [0.25, 0.3) is 0 Å². The van der Waals surface area contributed by atoms with Crippen molar-refractivity contribution >= 4 is 29.1 Å². The molecule has 2 N–H and O–H groups in total. The highest BCUT2D eigenvalue weighted by molar-refractivity contribution is 7.80. The molecule has 2 aliphatic heterocycles. The molecule has 2 aliphatic rings. The summed E-state index contributed by atoms with van der Waals surface area (Å²) in [7, 11) is 1.62. The van der Waals surface area contributed by atoms with Gasteiger partial charge in [-0.1, -0.05) is 6.92 Å². The third-order valence-corrected chi connectivity index (χ3v) is 5.17. The minimum Gasteiger partial charge on any atom is -0.481 e. The number of morpholine rings is 1. The first kappa shape index (κ1) is 20.0. The molecule has 27 heavy (non-hydrogen) atoms. The average Bonchev–Trinajstić information content (AvgIpc) is 2.68. The first-order chi connectivity index (χ1) is 13.1. The quantitative estimate of drug-likeness (QED) is 0.695. The Morgan fingerprint density at radius 1 is 1.33 bits per heavy atom. The van der Waals surface area contributed by atoms with Crippen LogP contribution in [0.5, 0.6) is 5.88 Å². The van der Waals surface area contributed by atoms with Gasteiger partial charge in [-0.3, -0.25) is 4.90 Å². The van der Waals surface area contributed by atoms with Gasteiger partial charge < -0.3 is 25.0 Å². The first-order valence-electron chi connectivity index (χ1n) is 9.67. The summed E-state index contributed by atoms with van der Waals surface area (Å²) in [6, 6.07) is 1.89. The largest absolute Gasteiger partial charge is 0.481 e. The number of nitrogens with zero attached hydrogens (tertiary/aromatic N) is 4. The van der Waals surface area contributed by atoms with Crippen LogP contribution in [-0.2, 0) is 4.74 Å². The van der Waals surface area contributed by atoms with E-state index in [2.05, 4.69) is 37.3 Å². The van der Waals surface area contributed by atoms with Crippen LogP contribution in [0.3, 0.4) is 0 Å². The zero-order valence-corrected chi connectivity index (χ0v) is 17.1. The van der Waals surface area contributed by atoms with Crippen molar-refractivity contribution in [2.24, 2.45) is 5.92 Å². The molecule has 150 valence electrons. The predicted octanol–water partition coefficient (Wildman–Crippen LogP) is 1.34. The summed E-state index contributed by atoms with van der Waals surface area (Å²) in [5, 5.41) is 6.84. The van der Waals surface area contributed by atoms with Crippen LogP contribution in [0.2, 0.25) is 0 Å². The molecule has 8 nitrogen and oxygen atoms in total. The Bertz CT molecular complexity index is 626. The number of ether oxygens (including phenoxy) is 2. The van der Waals surface area contributed by atoms with Gasteiger partial charge in [0, 0.05) is 45.3 Å². The van der Waals surface area contributed by atoms with E-state index in [4.69, 9.17) is 21.7 Å². The van der Waals surface area contributed by atoms with Crippen LogP contribution >= 0.6 is 12.2 Å². The van der Waals surface area contributed by atoms with Gasteiger partial charge in [-0.25, -0.2) is 0 Å². The molecule has 1 aromatic rings. The fourth-order valence-electron chi connectivity index (χ4n) is 3.43. The Labute approximate surface area is 166 Å². The van der Waals surface area contributed by atoms with Crippen LogP contribution in [0.15, 0.2) is 6.07 Å². The number of hydrogen-bond acceptors (Lipinski definition) is 7. The first-order valence-corrected chi connectivity index (χ1v) is 10.1. The van der Waals surface area contributed by atoms with E-state index in [0.717, 1.165) is 58.3 Å². The molecule has 2 fully saturated rings. The highest BCUT2D eigenvalue weighted by atomic mass is 32.1. The van der Waals surface area contributed by atoms with E-state index in [-0.39, 0.29) is 0 Å². The molecule has 1 aromatic heterocycles. The lowest BCUT2D eigenvalue weighted by Crippen LogP contribution is -2.42. The second-order valence-corrected chi connectivity index (χ2v) is 7.53. The van der Waals surface area contributed by atoms with Crippen molar-refractivity contribution in [3.05, 3.63) is 6.07 Å². The Morgan fingerprint density at radius 2 is 2.15 bits per heavy atom. The Balaban J connectivity index is 1.54. The number of rotatable bonds is 6. The number of anilines is 2. The van der Waals surface area contributed by atoms with E-state index >= 15 is 0 Å². The standard InChI is InChI=1S/C18H30N6O2S/c1-14-4-3-6-24(13-14)15-12-16(25-2)21-17(20-15)22-18(27)19-5-7-23-8-10-26-11-9-23/h12,14H,3-11,13H2,1-2H3,(H2,19,20,21,22,27). The number of methoxy groups -OCH3 is 1. The van der Waals surface area contributed by atoms with Crippen LogP contribution in [-0.4, -0.2) is 79.6 Å². The number of piperidine rings is 1. The van der Waals surface area contributed by atoms with Crippen LogP contribution in [0.1, 0.15) is 19.8 Å². The lowest BCUT2D eigenvalue weighted by Gasteiger charge is -2.32. The van der Waals surface area contributed by atoms with E-state index in [1.54, 1.807) is 7.11 Å². The van der Waals surface area contributed by atoms with Crippen LogP contribution in [0.25, 0.3) is 0 Å². The topological polar surface area (TPSA) is 74.8 Å². The minimum atomic E-state index is 0.464. The molecule has 0 amide bonds. The molecular weight excluding hydrogens is 364 g/mol. The van der Waals surface area contributed by atoms with Crippen LogP contribution < -0.4 is 20.3 Å². The molecule has 3 heterocycles. The molecule has 0 aromatic carbocycles. The number of nitrogens with one attached hydrogen (secondary N) is 2. The van der Waals surface area contributed by atoms with Crippen molar-refractivity contribution < 1.29 is 9.47 Å². The second kappa shape index (κ2) is 10.0. The molecule has 3 rings (SSSR count). The molecule has 0 radical (unpaired) electrons. The fourth-order valence-corrected chi connectivity index (χ4v) is 3.62. The predicted molar refractivity (Wildman–Crippen MR) is 111 cm³/mol. The van der Waals surface area contributed by atoms with Gasteiger partial charge in [-0.2, -0.15) is 9.97 Å². The molecular formula is C18H30N6O2S. The Morgan fingerprint density at radius 3 is 2.89 bits per heavy atom. The normalized spacial score (nSPS) is 21.0. The molecule has 0 saturated carbocycles. The van der Waals surface area contributed by atoms with Crippen LogP contribution in [0.4, 0.5) is 11.8 Å². The van der Waals surface area contributed by atoms with Crippen molar-refractivity contribution in [1.82, 2.24) is 20.2 Å². The summed E-state index contributed by atoms with van der Waals surface area (Å²) in [4.78, 5) is 13.7. The summed E-state index contributed by atoms with van der Waals surface area (Å²) in [6.07, 6.45) is 2.44. The second-order valence-electron chi connectivity index (χ2n) is 7.12. The van der Waals surface area contributed by atoms with Gasteiger partial charge in [-0.05, 0) is 31.0 Å². The molecule has 9 heteroatoms. The monoisotopic (exact) mass is 394 g/mol. The van der Waals surface area contributed by atoms with Gasteiger partial charge >= 0.3 is 0 Å². The highest BCUT2D eigenvalue weighted by Gasteiger charge is 2.19. The molecule has 0 bridgehead atoms. The maximum atomic E-state index is 5.40. The minimum absolute atomic E-state index is 0.464. The van der Waals surface area contributed by atoms with Crippen molar-refractivity contribution in [2.45, 2.75) is 19.8 Å². The zero-order chi connectivity index (χ0) is 19.1. The van der Waals surface area contributed by atoms with Gasteiger partial charge in [-0.15, -0.1) is 0 Å². The summed E-state index contributed by atoms with van der Waals surface area (Å²) >= 11 is 5.40. The molecule has 2 saturated heterocycles. The smallest absolute Gasteiger partial charge is 0.234 e. The van der Waals surface area contributed by atoms with E-state index in [0.29, 0.717) is 22.9 Å². The van der Waals surface area contributed by atoms with E-state index in [1.807, 2.05) is 6.07 Å². The summed E-state index contributed by atoms with van der Waals surface area (Å²) in [6.45, 7) is 9.53. The molecule has 1 atom stereocenters. The lowest BCUT2D eigenvalue weighted by molar-refractivity contribution is 0.0389. The third kappa shape index (κ3) is 6.15. The SMILES string of the molecule is COc1cc(N2CCCC(C)C2)nc(NC(=S)NCCN2CCOCC2)n1. The fraction of sp³-hybridized carbons (Fsp3) is 0.722. The van der Waals surface area contributed by atoms with Gasteiger partial charge in [0.05, 0.1) is 20.3 Å². The molecule has 0 aliphatic carbocycles. The van der Waals surface area contributed by atoms with Crippen molar-refractivity contribution in [2.75, 3.05) is 69.8 Å². The highest BCUT2D eigenvalue weighted by Crippen LogP contribution is 2.24. The van der Waals surface area contributed by atoms with E-state index in [1.165, 1.54) is 12.8 Å². The maximum absolute atomic E-state index is 5.40.